The molecule has 2 aromatic carbocycles. The van der Waals surface area contributed by atoms with Gasteiger partial charge in [-0.05, 0) is 49.6 Å². The van der Waals surface area contributed by atoms with E-state index in [-0.39, 0.29) is 18.3 Å². The van der Waals surface area contributed by atoms with Crippen molar-refractivity contribution in [3.63, 3.8) is 0 Å². The van der Waals surface area contributed by atoms with Gasteiger partial charge in [-0.1, -0.05) is 29.8 Å². The Morgan fingerprint density at radius 2 is 1.79 bits per heavy atom. The van der Waals surface area contributed by atoms with E-state index in [1.807, 2.05) is 49.6 Å². The van der Waals surface area contributed by atoms with Crippen LogP contribution in [0.1, 0.15) is 21.6 Å². The summed E-state index contributed by atoms with van der Waals surface area (Å²) < 4.78 is 14.9. The normalized spacial score (nSPS) is 11.0. The van der Waals surface area contributed by atoms with Crippen molar-refractivity contribution < 1.29 is 9.18 Å². The van der Waals surface area contributed by atoms with Crippen LogP contribution in [0.25, 0.3) is 16.9 Å². The predicted octanol–water partition coefficient (Wildman–Crippen LogP) is 4.50. The van der Waals surface area contributed by atoms with Gasteiger partial charge >= 0.3 is 0 Å². The van der Waals surface area contributed by atoms with Crippen LogP contribution in [0.5, 0.6) is 0 Å². The van der Waals surface area contributed by atoms with Crippen molar-refractivity contribution in [1.82, 2.24) is 19.9 Å². The summed E-state index contributed by atoms with van der Waals surface area (Å²) in [4.78, 5) is 17.3. The summed E-state index contributed by atoms with van der Waals surface area (Å²) in [6.45, 7) is 2.27. The van der Waals surface area contributed by atoms with E-state index in [9.17, 15) is 9.18 Å². The van der Waals surface area contributed by atoms with Crippen molar-refractivity contribution in [2.75, 3.05) is 6.26 Å². The third kappa shape index (κ3) is 4.00. The minimum atomic E-state index is -0.376. The second-order valence-corrected chi connectivity index (χ2v) is 7.43. The van der Waals surface area contributed by atoms with Crippen molar-refractivity contribution >= 4 is 23.3 Å². The van der Waals surface area contributed by atoms with Crippen LogP contribution >= 0.6 is 11.8 Å². The Balaban J connectivity index is 1.72. The summed E-state index contributed by atoms with van der Waals surface area (Å²) in [6.07, 6.45) is 1.96. The van der Waals surface area contributed by atoms with Gasteiger partial charge in [0.1, 0.15) is 10.8 Å². The second-order valence-electron chi connectivity index (χ2n) is 6.61. The lowest BCUT2D eigenvalue weighted by atomic mass is 10.1. The first kappa shape index (κ1) is 19.1. The summed E-state index contributed by atoms with van der Waals surface area (Å²) in [5, 5.41) is 8.40. The number of aromatic nitrogens is 3. The first-order valence-electron chi connectivity index (χ1n) is 9.08. The number of thioether (sulfide) groups is 1. The van der Waals surface area contributed by atoms with Crippen molar-refractivity contribution in [2.24, 2.45) is 0 Å². The zero-order valence-electron chi connectivity index (χ0n) is 16.0. The van der Waals surface area contributed by atoms with Gasteiger partial charge < -0.3 is 5.32 Å². The van der Waals surface area contributed by atoms with Crippen LogP contribution in [0.15, 0.2) is 65.7 Å². The molecule has 0 aliphatic heterocycles. The van der Waals surface area contributed by atoms with Crippen LogP contribution in [0.4, 0.5) is 4.39 Å². The van der Waals surface area contributed by atoms with Gasteiger partial charge in [0.15, 0.2) is 5.65 Å². The standard InChI is InChI=1S/C22H19FN4OS/c1-14-3-5-15(6-4-14)21-18(27-19(25-21)11-12-20(26-27)29-2)13-24-22(28)16-7-9-17(23)10-8-16/h3-12H,13H2,1-2H3,(H,24,28). The Bertz CT molecular complexity index is 1170. The molecular formula is C22H19FN4OS. The first-order valence-corrected chi connectivity index (χ1v) is 10.3. The van der Waals surface area contributed by atoms with Gasteiger partial charge in [0.2, 0.25) is 0 Å². The Morgan fingerprint density at radius 1 is 1.07 bits per heavy atom. The SMILES string of the molecule is CSc1ccc2nc(-c3ccc(C)cc3)c(CNC(=O)c3ccc(F)cc3)n2n1. The number of hydrogen-bond donors (Lipinski definition) is 1. The molecule has 4 rings (SSSR count). The highest BCUT2D eigenvalue weighted by atomic mass is 32.2. The van der Waals surface area contributed by atoms with Gasteiger partial charge in [-0.15, -0.1) is 11.8 Å². The number of benzene rings is 2. The van der Waals surface area contributed by atoms with Crippen molar-refractivity contribution in [2.45, 2.75) is 18.5 Å². The molecule has 0 saturated heterocycles. The fourth-order valence-corrected chi connectivity index (χ4v) is 3.41. The molecule has 29 heavy (non-hydrogen) atoms. The number of amides is 1. The molecule has 0 saturated carbocycles. The molecule has 1 amide bonds. The maximum atomic E-state index is 13.1. The summed E-state index contributed by atoms with van der Waals surface area (Å²) in [7, 11) is 0. The lowest BCUT2D eigenvalue weighted by Crippen LogP contribution is -2.24. The smallest absolute Gasteiger partial charge is 0.251 e. The molecule has 0 aliphatic rings. The number of aryl methyl sites for hydroxylation is 1. The molecule has 2 aromatic heterocycles. The lowest BCUT2D eigenvalue weighted by molar-refractivity contribution is 0.0950. The molecule has 1 N–H and O–H groups in total. The van der Waals surface area contributed by atoms with E-state index < -0.39 is 0 Å². The van der Waals surface area contributed by atoms with E-state index in [4.69, 9.17) is 4.98 Å². The molecular weight excluding hydrogens is 387 g/mol. The van der Waals surface area contributed by atoms with Gasteiger partial charge in [0.25, 0.3) is 5.91 Å². The fourth-order valence-electron chi connectivity index (χ4n) is 3.04. The van der Waals surface area contributed by atoms with Crippen LogP contribution in [0, 0.1) is 12.7 Å². The second kappa shape index (κ2) is 8.05. The first-order chi connectivity index (χ1) is 14.0. The molecule has 0 atom stereocenters. The highest BCUT2D eigenvalue weighted by Crippen LogP contribution is 2.25. The van der Waals surface area contributed by atoms with E-state index in [2.05, 4.69) is 10.4 Å². The van der Waals surface area contributed by atoms with Gasteiger partial charge in [0, 0.05) is 11.1 Å². The topological polar surface area (TPSA) is 59.3 Å². The molecule has 5 nitrogen and oxygen atoms in total. The van der Waals surface area contributed by atoms with Crippen LogP contribution in [-0.4, -0.2) is 26.8 Å². The quantitative estimate of drug-likeness (QED) is 0.496. The number of carbonyl (C=O) groups excluding carboxylic acids is 1. The molecule has 0 radical (unpaired) electrons. The summed E-state index contributed by atoms with van der Waals surface area (Å²) in [6, 6.07) is 17.4. The number of hydrogen-bond acceptors (Lipinski definition) is 4. The molecule has 0 aliphatic carbocycles. The number of carbonyl (C=O) groups is 1. The maximum absolute atomic E-state index is 13.1. The molecule has 146 valence electrons. The van der Waals surface area contributed by atoms with E-state index in [0.29, 0.717) is 11.2 Å². The summed E-state index contributed by atoms with van der Waals surface area (Å²) in [5.74, 6) is -0.658. The number of halogens is 1. The Morgan fingerprint density at radius 3 is 2.48 bits per heavy atom. The number of rotatable bonds is 5. The summed E-state index contributed by atoms with van der Waals surface area (Å²) in [5.41, 5.74) is 4.79. The highest BCUT2D eigenvalue weighted by molar-refractivity contribution is 7.98. The average molecular weight is 406 g/mol. The van der Waals surface area contributed by atoms with Gasteiger partial charge in [-0.3, -0.25) is 4.79 Å². The Kier molecular flexibility index (Phi) is 5.31. The van der Waals surface area contributed by atoms with E-state index in [1.165, 1.54) is 36.0 Å². The number of imidazole rings is 1. The van der Waals surface area contributed by atoms with Crippen LogP contribution in [0.3, 0.4) is 0 Å². The fraction of sp³-hybridized carbons (Fsp3) is 0.136. The molecule has 0 unspecified atom stereocenters. The number of fused-ring (bicyclic) bond motifs is 1. The van der Waals surface area contributed by atoms with Gasteiger partial charge in [-0.2, -0.15) is 5.10 Å². The third-order valence-corrected chi connectivity index (χ3v) is 5.24. The molecule has 0 fully saturated rings. The zero-order valence-corrected chi connectivity index (χ0v) is 16.8. The molecule has 4 aromatic rings. The highest BCUT2D eigenvalue weighted by Gasteiger charge is 2.17. The maximum Gasteiger partial charge on any atom is 0.251 e. The van der Waals surface area contributed by atoms with Crippen molar-refractivity contribution in [1.29, 1.82) is 0 Å². The average Bonchev–Trinajstić information content (AvgIpc) is 3.10. The van der Waals surface area contributed by atoms with Gasteiger partial charge in [0.05, 0.1) is 17.9 Å². The van der Waals surface area contributed by atoms with Crippen LogP contribution in [0.2, 0.25) is 0 Å². The van der Waals surface area contributed by atoms with Crippen LogP contribution in [-0.2, 0) is 6.54 Å². The summed E-state index contributed by atoms with van der Waals surface area (Å²) >= 11 is 1.54. The minimum absolute atomic E-state index is 0.241. The van der Waals surface area contributed by atoms with E-state index in [1.54, 1.807) is 4.52 Å². The largest absolute Gasteiger partial charge is 0.346 e. The molecule has 2 heterocycles. The molecule has 0 spiro atoms. The Hall–Kier alpha value is -3.19. The van der Waals surface area contributed by atoms with Gasteiger partial charge in [-0.25, -0.2) is 13.9 Å². The van der Waals surface area contributed by atoms with Crippen molar-refractivity contribution in [3.8, 4) is 11.3 Å². The molecule has 0 bridgehead atoms. The monoisotopic (exact) mass is 406 g/mol. The zero-order chi connectivity index (χ0) is 20.4. The Labute approximate surface area is 172 Å². The minimum Gasteiger partial charge on any atom is -0.346 e. The van der Waals surface area contributed by atoms with E-state index in [0.717, 1.165) is 27.5 Å². The predicted molar refractivity (Wildman–Crippen MR) is 113 cm³/mol. The molecule has 7 heteroatoms. The third-order valence-electron chi connectivity index (χ3n) is 4.60. The number of nitrogens with one attached hydrogen (secondary N) is 1. The van der Waals surface area contributed by atoms with Crippen LogP contribution < -0.4 is 5.32 Å². The van der Waals surface area contributed by atoms with Crippen molar-refractivity contribution in [3.05, 3.63) is 83.3 Å². The van der Waals surface area contributed by atoms with E-state index >= 15 is 0 Å². The number of nitrogens with zero attached hydrogens (tertiary/aromatic N) is 3. The lowest BCUT2D eigenvalue weighted by Gasteiger charge is -2.08.